The summed E-state index contributed by atoms with van der Waals surface area (Å²) < 4.78 is 2.82. The third-order valence-corrected chi connectivity index (χ3v) is 12.8. The van der Waals surface area contributed by atoms with E-state index in [1.54, 1.807) is 0 Å². The smallest absolute Gasteiger partial charge is 0.264 e. The molecule has 2 nitrogen and oxygen atoms in total. The molecule has 0 bridgehead atoms. The summed E-state index contributed by atoms with van der Waals surface area (Å²) in [6, 6.07) is 39.4. The van der Waals surface area contributed by atoms with E-state index in [0.29, 0.717) is 5.92 Å². The Morgan fingerprint density at radius 3 is 2.02 bits per heavy atom. The first kappa shape index (κ1) is 29.8. The lowest BCUT2D eigenvalue weighted by Crippen LogP contribution is -2.61. The van der Waals surface area contributed by atoms with Crippen molar-refractivity contribution >= 4 is 78.0 Å². The number of fused-ring (bicyclic) bond motifs is 7. The van der Waals surface area contributed by atoms with E-state index < -0.39 is 0 Å². The molecule has 0 amide bonds. The van der Waals surface area contributed by atoms with Gasteiger partial charge in [0.2, 0.25) is 0 Å². The van der Waals surface area contributed by atoms with Crippen molar-refractivity contribution < 1.29 is 0 Å². The third kappa shape index (κ3) is 4.18. The van der Waals surface area contributed by atoms with Crippen LogP contribution in [0.3, 0.4) is 0 Å². The van der Waals surface area contributed by atoms with Crippen molar-refractivity contribution in [3.8, 4) is 0 Å². The number of benzene rings is 5. The van der Waals surface area contributed by atoms with Crippen molar-refractivity contribution in [1.29, 1.82) is 0 Å². The van der Waals surface area contributed by atoms with Gasteiger partial charge in [-0.05, 0) is 118 Å². The number of rotatable bonds is 3. The van der Waals surface area contributed by atoms with E-state index in [1.165, 1.54) is 95.0 Å². The van der Waals surface area contributed by atoms with Gasteiger partial charge in [0.25, 0.3) is 6.71 Å². The summed E-state index contributed by atoms with van der Waals surface area (Å²) in [5.41, 5.74) is 16.5. The van der Waals surface area contributed by atoms with Gasteiger partial charge in [-0.2, -0.15) is 0 Å². The summed E-state index contributed by atoms with van der Waals surface area (Å²) in [7, 11) is 0. The molecule has 0 saturated carbocycles. The highest BCUT2D eigenvalue weighted by Crippen LogP contribution is 2.51. The van der Waals surface area contributed by atoms with E-state index in [4.69, 9.17) is 0 Å². The lowest BCUT2D eigenvalue weighted by atomic mass is 9.35. The quantitative estimate of drug-likeness (QED) is 0.177. The Hall–Kier alpha value is -4.28. The molecule has 0 spiro atoms. The molecule has 4 heteroatoms. The van der Waals surface area contributed by atoms with Gasteiger partial charge < -0.3 is 9.80 Å². The van der Waals surface area contributed by atoms with Crippen molar-refractivity contribution in [3.63, 3.8) is 0 Å². The maximum Gasteiger partial charge on any atom is 0.264 e. The monoisotopic (exact) mass is 642 g/mol. The first-order valence-corrected chi connectivity index (χ1v) is 18.5. The second-order valence-corrected chi connectivity index (χ2v) is 17.0. The number of aryl methyl sites for hydroxylation is 1. The standard InChI is InChI=1S/C44H43BN2S/c1-27(2)29-20-21-39-31(24-29)41-42(48-39)45-34-25-32-33(44(6,7)23-22-43(32,4)5)26-38(34)47(35-17-12-11-14-28(35)3)37-19-13-18-36(40(37)45)46(41)30-15-9-8-10-16-30/h8-21,24-27H,22-23H2,1-7H3. The Kier molecular flexibility index (Phi) is 6.44. The molecule has 1 aromatic heterocycles. The minimum Gasteiger partial charge on any atom is -0.311 e. The Morgan fingerprint density at radius 1 is 0.667 bits per heavy atom. The van der Waals surface area contributed by atoms with Crippen LogP contribution in [0.15, 0.2) is 103 Å². The molecule has 0 unspecified atom stereocenters. The lowest BCUT2D eigenvalue weighted by Gasteiger charge is -2.47. The van der Waals surface area contributed by atoms with E-state index in [1.807, 2.05) is 11.3 Å². The SMILES string of the molecule is Cc1ccccc1N1c2cc3c(cc2B2c4sc5ccc(C(C)C)cc5c4N(c4ccccc4)c4cccc1c42)C(C)(C)CCC3(C)C. The van der Waals surface area contributed by atoms with E-state index >= 15 is 0 Å². The summed E-state index contributed by atoms with van der Waals surface area (Å²) >= 11 is 2.00. The molecular formula is C44H43BN2S. The van der Waals surface area contributed by atoms with Crippen molar-refractivity contribution in [2.75, 3.05) is 9.80 Å². The fourth-order valence-corrected chi connectivity index (χ4v) is 10.1. The summed E-state index contributed by atoms with van der Waals surface area (Å²) in [6.07, 6.45) is 2.40. The van der Waals surface area contributed by atoms with Gasteiger partial charge in [0.1, 0.15) is 0 Å². The average molecular weight is 643 g/mol. The van der Waals surface area contributed by atoms with E-state index in [2.05, 4.69) is 161 Å². The van der Waals surface area contributed by atoms with Crippen LogP contribution in [-0.2, 0) is 10.8 Å². The number of thiophene rings is 1. The van der Waals surface area contributed by atoms with Crippen molar-refractivity contribution in [1.82, 2.24) is 0 Å². The van der Waals surface area contributed by atoms with Gasteiger partial charge in [-0.3, -0.25) is 0 Å². The highest BCUT2D eigenvalue weighted by atomic mass is 32.1. The summed E-state index contributed by atoms with van der Waals surface area (Å²) in [6.45, 7) is 16.9. The predicted molar refractivity (Wildman–Crippen MR) is 210 cm³/mol. The Bertz CT molecular complexity index is 2260. The predicted octanol–water partition coefficient (Wildman–Crippen LogP) is 10.8. The van der Waals surface area contributed by atoms with E-state index in [-0.39, 0.29) is 17.5 Å². The third-order valence-electron chi connectivity index (χ3n) is 11.6. The van der Waals surface area contributed by atoms with Crippen LogP contribution < -0.4 is 25.5 Å². The maximum absolute atomic E-state index is 2.65. The zero-order valence-electron chi connectivity index (χ0n) is 29.2. The molecular weight excluding hydrogens is 599 g/mol. The molecule has 0 saturated heterocycles. The number of nitrogens with zero attached hydrogens (tertiary/aromatic N) is 2. The lowest BCUT2D eigenvalue weighted by molar-refractivity contribution is 0.332. The van der Waals surface area contributed by atoms with Crippen LogP contribution in [0.25, 0.3) is 10.1 Å². The van der Waals surface area contributed by atoms with Crippen LogP contribution >= 0.6 is 11.3 Å². The van der Waals surface area contributed by atoms with Gasteiger partial charge in [0, 0.05) is 43.3 Å². The fourth-order valence-electron chi connectivity index (χ4n) is 8.77. The molecule has 0 fully saturated rings. The highest BCUT2D eigenvalue weighted by molar-refractivity contribution is 7.33. The van der Waals surface area contributed by atoms with Gasteiger partial charge in [0.05, 0.1) is 5.69 Å². The molecule has 0 atom stereocenters. The van der Waals surface area contributed by atoms with Crippen LogP contribution in [0.4, 0.5) is 34.1 Å². The summed E-state index contributed by atoms with van der Waals surface area (Å²) in [4.78, 5) is 5.16. The van der Waals surface area contributed by atoms with E-state index in [9.17, 15) is 0 Å². The van der Waals surface area contributed by atoms with Crippen molar-refractivity contribution in [3.05, 3.63) is 125 Å². The molecule has 9 rings (SSSR count). The number of para-hydroxylation sites is 2. The molecule has 1 aliphatic carbocycles. The summed E-state index contributed by atoms with van der Waals surface area (Å²) in [5.74, 6) is 0.466. The van der Waals surface area contributed by atoms with Crippen molar-refractivity contribution in [2.45, 2.75) is 78.1 Å². The minimum atomic E-state index is 0.117. The molecule has 2 aliphatic heterocycles. The Balaban J connectivity index is 1.43. The zero-order valence-corrected chi connectivity index (χ0v) is 30.0. The molecule has 48 heavy (non-hydrogen) atoms. The maximum atomic E-state index is 2.65. The molecule has 3 heterocycles. The molecule has 0 N–H and O–H groups in total. The normalized spacial score (nSPS) is 16.9. The second kappa shape index (κ2) is 10.4. The number of hydrogen-bond donors (Lipinski definition) is 0. The van der Waals surface area contributed by atoms with Crippen molar-refractivity contribution in [2.24, 2.45) is 0 Å². The minimum absolute atomic E-state index is 0.117. The first-order valence-electron chi connectivity index (χ1n) is 17.6. The molecule has 6 aromatic rings. The average Bonchev–Trinajstić information content (AvgIpc) is 3.45. The Morgan fingerprint density at radius 2 is 1.31 bits per heavy atom. The first-order chi connectivity index (χ1) is 23.0. The molecule has 3 aliphatic rings. The molecule has 5 aromatic carbocycles. The topological polar surface area (TPSA) is 6.48 Å². The van der Waals surface area contributed by atoms with Gasteiger partial charge >= 0.3 is 0 Å². The van der Waals surface area contributed by atoms with Crippen LogP contribution in [0.5, 0.6) is 0 Å². The number of anilines is 6. The van der Waals surface area contributed by atoms with E-state index in [0.717, 1.165) is 0 Å². The largest absolute Gasteiger partial charge is 0.311 e. The molecule has 0 radical (unpaired) electrons. The fraction of sp³-hybridized carbons (Fsp3) is 0.273. The zero-order chi connectivity index (χ0) is 33.1. The van der Waals surface area contributed by atoms with Gasteiger partial charge in [-0.15, -0.1) is 11.3 Å². The highest BCUT2D eigenvalue weighted by Gasteiger charge is 2.47. The second-order valence-electron chi connectivity index (χ2n) is 15.9. The van der Waals surface area contributed by atoms with Gasteiger partial charge in [-0.1, -0.05) is 96.1 Å². The van der Waals surface area contributed by atoms with Crippen LogP contribution in [0.2, 0.25) is 0 Å². The van der Waals surface area contributed by atoms with Gasteiger partial charge in [0.15, 0.2) is 0 Å². The molecule has 238 valence electrons. The van der Waals surface area contributed by atoms with Crippen LogP contribution in [0, 0.1) is 6.92 Å². The number of hydrogen-bond acceptors (Lipinski definition) is 3. The Labute approximate surface area is 290 Å². The van der Waals surface area contributed by atoms with Gasteiger partial charge in [-0.25, -0.2) is 0 Å². The van der Waals surface area contributed by atoms with Crippen LogP contribution in [-0.4, -0.2) is 6.71 Å². The summed E-state index contributed by atoms with van der Waals surface area (Å²) in [5, 5.41) is 1.36. The van der Waals surface area contributed by atoms with Crippen LogP contribution in [0.1, 0.15) is 82.6 Å².